The first kappa shape index (κ1) is 16.0. The van der Waals surface area contributed by atoms with Crippen LogP contribution in [0.2, 0.25) is 0 Å². The van der Waals surface area contributed by atoms with E-state index >= 15 is 0 Å². The molecule has 6 nitrogen and oxygen atoms in total. The van der Waals surface area contributed by atoms with Crippen LogP contribution in [0.25, 0.3) is 0 Å². The molecule has 4 N–H and O–H groups in total. The Morgan fingerprint density at radius 2 is 1.90 bits per heavy atom. The summed E-state index contributed by atoms with van der Waals surface area (Å²) in [5, 5.41) is 11.0. The molecule has 1 aromatic rings. The zero-order valence-electron chi connectivity index (χ0n) is 11.7. The summed E-state index contributed by atoms with van der Waals surface area (Å²) in [4.78, 5) is 22.7. The summed E-state index contributed by atoms with van der Waals surface area (Å²) in [5.74, 6) is -0.456. The summed E-state index contributed by atoms with van der Waals surface area (Å²) in [5.41, 5.74) is 6.37. The molecule has 0 unspecified atom stereocenters. The van der Waals surface area contributed by atoms with E-state index in [9.17, 15) is 9.59 Å². The van der Waals surface area contributed by atoms with Gasteiger partial charge in [-0.1, -0.05) is 50.6 Å². The lowest BCUT2D eigenvalue weighted by Gasteiger charge is -2.22. The monoisotopic (exact) mass is 279 g/mol. The van der Waals surface area contributed by atoms with Crippen LogP contribution in [0.5, 0.6) is 0 Å². The van der Waals surface area contributed by atoms with Gasteiger partial charge in [-0.15, -0.1) is 0 Å². The molecule has 0 aliphatic heterocycles. The molecule has 0 saturated heterocycles. The van der Waals surface area contributed by atoms with Crippen LogP contribution >= 0.6 is 0 Å². The van der Waals surface area contributed by atoms with Gasteiger partial charge in [-0.05, 0) is 11.5 Å². The molecular weight excluding hydrogens is 258 g/mol. The van der Waals surface area contributed by atoms with Crippen LogP contribution in [-0.2, 0) is 11.3 Å². The highest BCUT2D eigenvalue weighted by molar-refractivity contribution is 5.85. The minimum atomic E-state index is -1.20. The number of benzene rings is 1. The number of nitrogens with one attached hydrogen (secondary N) is 3. The van der Waals surface area contributed by atoms with Crippen molar-refractivity contribution in [2.75, 3.05) is 0 Å². The smallest absolute Gasteiger partial charge is 0.405 e. The van der Waals surface area contributed by atoms with Gasteiger partial charge in [0.1, 0.15) is 6.04 Å². The summed E-state index contributed by atoms with van der Waals surface area (Å²) in [6, 6.07) is 8.83. The number of carbonyl (C=O) groups is 2. The van der Waals surface area contributed by atoms with E-state index in [1.807, 2.05) is 44.2 Å². The second-order valence-electron chi connectivity index (χ2n) is 4.64. The van der Waals surface area contributed by atoms with Crippen LogP contribution in [-0.4, -0.2) is 23.1 Å². The number of carbonyl (C=O) groups excluding carboxylic acids is 1. The molecule has 0 spiro atoms. The third kappa shape index (κ3) is 5.27. The van der Waals surface area contributed by atoms with Crippen molar-refractivity contribution in [1.29, 1.82) is 0 Å². The molecule has 1 aromatic carbocycles. The Labute approximate surface area is 118 Å². The van der Waals surface area contributed by atoms with E-state index in [1.165, 1.54) is 0 Å². The van der Waals surface area contributed by atoms with Crippen molar-refractivity contribution in [3.8, 4) is 0 Å². The van der Waals surface area contributed by atoms with Crippen molar-refractivity contribution in [2.24, 2.45) is 5.92 Å². The minimum absolute atomic E-state index is 0.0791. The van der Waals surface area contributed by atoms with Gasteiger partial charge in [0.15, 0.2) is 0 Å². The normalized spacial score (nSPS) is 13.3. The van der Waals surface area contributed by atoms with Gasteiger partial charge in [0.05, 0.1) is 0 Å². The highest BCUT2D eigenvalue weighted by atomic mass is 16.4. The molecule has 1 rings (SSSR count). The van der Waals surface area contributed by atoms with E-state index in [4.69, 9.17) is 5.11 Å². The van der Waals surface area contributed by atoms with E-state index in [1.54, 1.807) is 0 Å². The lowest BCUT2D eigenvalue weighted by Crippen LogP contribution is -2.53. The van der Waals surface area contributed by atoms with Crippen LogP contribution in [0, 0.1) is 5.92 Å². The molecule has 0 radical (unpaired) electrons. The van der Waals surface area contributed by atoms with E-state index in [-0.39, 0.29) is 11.8 Å². The SMILES string of the molecule is CC[C@H](C)[C@H](NC(=O)O)C(=O)NNCc1ccccc1. The Hall–Kier alpha value is -2.08. The fourth-order valence-electron chi connectivity index (χ4n) is 1.74. The number of carboxylic acid groups (broad SMARTS) is 1. The Bertz CT molecular complexity index is 437. The first-order chi connectivity index (χ1) is 9.54. The second kappa shape index (κ2) is 8.16. The van der Waals surface area contributed by atoms with Crippen molar-refractivity contribution < 1.29 is 14.7 Å². The van der Waals surface area contributed by atoms with Gasteiger partial charge in [-0.2, -0.15) is 0 Å². The number of hydrogen-bond acceptors (Lipinski definition) is 3. The topological polar surface area (TPSA) is 90.5 Å². The molecule has 0 fully saturated rings. The molecule has 0 aromatic heterocycles. The van der Waals surface area contributed by atoms with Gasteiger partial charge in [0, 0.05) is 6.54 Å². The molecule has 0 bridgehead atoms. The van der Waals surface area contributed by atoms with E-state index in [0.717, 1.165) is 5.56 Å². The summed E-state index contributed by atoms with van der Waals surface area (Å²) < 4.78 is 0. The van der Waals surface area contributed by atoms with E-state index < -0.39 is 12.1 Å². The van der Waals surface area contributed by atoms with Crippen LogP contribution in [0.15, 0.2) is 30.3 Å². The van der Waals surface area contributed by atoms with Gasteiger partial charge in [-0.3, -0.25) is 10.2 Å². The summed E-state index contributed by atoms with van der Waals surface area (Å²) in [6.07, 6.45) is -0.495. The van der Waals surface area contributed by atoms with Crippen molar-refractivity contribution in [1.82, 2.24) is 16.2 Å². The average molecular weight is 279 g/mol. The zero-order chi connectivity index (χ0) is 15.0. The quantitative estimate of drug-likeness (QED) is 0.569. The number of hydrazine groups is 1. The summed E-state index contributed by atoms with van der Waals surface area (Å²) in [6.45, 7) is 4.22. The van der Waals surface area contributed by atoms with Gasteiger partial charge < -0.3 is 10.4 Å². The maximum absolute atomic E-state index is 12.0. The molecule has 0 aliphatic rings. The van der Waals surface area contributed by atoms with E-state index in [0.29, 0.717) is 13.0 Å². The molecule has 6 heteroatoms. The standard InChI is InChI=1S/C14H21N3O3/c1-3-10(2)12(16-14(19)20)13(18)17-15-9-11-7-5-4-6-8-11/h4-8,10,12,15-16H,3,9H2,1-2H3,(H,17,18)(H,19,20)/t10-,12-/m0/s1. The summed E-state index contributed by atoms with van der Waals surface area (Å²) >= 11 is 0. The Kier molecular flexibility index (Phi) is 6.52. The lowest BCUT2D eigenvalue weighted by atomic mass is 9.99. The second-order valence-corrected chi connectivity index (χ2v) is 4.64. The predicted octanol–water partition coefficient (Wildman–Crippen LogP) is 1.49. The fraction of sp³-hybridized carbons (Fsp3) is 0.429. The first-order valence-electron chi connectivity index (χ1n) is 6.60. The van der Waals surface area contributed by atoms with Gasteiger partial charge in [0.25, 0.3) is 5.91 Å². The van der Waals surface area contributed by atoms with Crippen molar-refractivity contribution in [3.05, 3.63) is 35.9 Å². The fourth-order valence-corrected chi connectivity index (χ4v) is 1.74. The van der Waals surface area contributed by atoms with Crippen LogP contribution < -0.4 is 16.2 Å². The zero-order valence-corrected chi connectivity index (χ0v) is 11.7. The van der Waals surface area contributed by atoms with Crippen molar-refractivity contribution in [3.63, 3.8) is 0 Å². The Morgan fingerprint density at radius 1 is 1.25 bits per heavy atom. The third-order valence-electron chi connectivity index (χ3n) is 3.12. The Balaban J connectivity index is 2.47. The third-order valence-corrected chi connectivity index (χ3v) is 3.12. The molecule has 0 heterocycles. The first-order valence-corrected chi connectivity index (χ1v) is 6.60. The lowest BCUT2D eigenvalue weighted by molar-refractivity contribution is -0.125. The predicted molar refractivity (Wildman–Crippen MR) is 75.8 cm³/mol. The van der Waals surface area contributed by atoms with Crippen LogP contribution in [0.4, 0.5) is 4.79 Å². The molecule has 20 heavy (non-hydrogen) atoms. The highest BCUT2D eigenvalue weighted by Crippen LogP contribution is 2.07. The maximum atomic E-state index is 12.0. The number of rotatable bonds is 7. The summed E-state index contributed by atoms with van der Waals surface area (Å²) in [7, 11) is 0. The van der Waals surface area contributed by atoms with Crippen LogP contribution in [0.3, 0.4) is 0 Å². The highest BCUT2D eigenvalue weighted by Gasteiger charge is 2.25. The number of amides is 2. The van der Waals surface area contributed by atoms with Gasteiger partial charge in [-0.25, -0.2) is 10.2 Å². The van der Waals surface area contributed by atoms with Gasteiger partial charge >= 0.3 is 6.09 Å². The van der Waals surface area contributed by atoms with Crippen molar-refractivity contribution >= 4 is 12.0 Å². The molecule has 0 saturated carbocycles. The van der Waals surface area contributed by atoms with Crippen molar-refractivity contribution in [2.45, 2.75) is 32.9 Å². The minimum Gasteiger partial charge on any atom is -0.465 e. The van der Waals surface area contributed by atoms with Gasteiger partial charge in [0.2, 0.25) is 0 Å². The molecule has 0 aliphatic carbocycles. The van der Waals surface area contributed by atoms with E-state index in [2.05, 4.69) is 16.2 Å². The maximum Gasteiger partial charge on any atom is 0.405 e. The number of hydrogen-bond donors (Lipinski definition) is 4. The molecule has 2 atom stereocenters. The Morgan fingerprint density at radius 3 is 2.45 bits per heavy atom. The van der Waals surface area contributed by atoms with Crippen LogP contribution in [0.1, 0.15) is 25.8 Å². The average Bonchev–Trinajstić information content (AvgIpc) is 2.44. The molecule has 110 valence electrons. The largest absolute Gasteiger partial charge is 0.465 e. The molecule has 2 amide bonds. The molecular formula is C14H21N3O3.